The van der Waals surface area contributed by atoms with Gasteiger partial charge in [0.2, 0.25) is 0 Å². The molecule has 4 heteroatoms. The number of methoxy groups -OCH3 is 1. The summed E-state index contributed by atoms with van der Waals surface area (Å²) in [5.41, 5.74) is 0.627. The van der Waals surface area contributed by atoms with Gasteiger partial charge in [-0.3, -0.25) is 4.79 Å². The molecule has 4 nitrogen and oxygen atoms in total. The number of Topliss-reactive ketones (excluding diaryl/α,β-unsaturated/α-hetero) is 1. The van der Waals surface area contributed by atoms with E-state index in [2.05, 4.69) is 0 Å². The molecule has 138 valence electrons. The average Bonchev–Trinajstić information content (AvgIpc) is 2.90. The molecule has 0 saturated carbocycles. The van der Waals surface area contributed by atoms with Crippen molar-refractivity contribution >= 4 is 16.8 Å². The van der Waals surface area contributed by atoms with E-state index in [1.54, 1.807) is 7.11 Å². The number of aliphatic hydroxyl groups excluding tert-OH is 1. The smallest absolute Gasteiger partial charge is 0.142 e. The number of carbonyl (C=O) groups excluding carboxylic acids is 1. The zero-order chi connectivity index (χ0) is 19.0. The first-order chi connectivity index (χ1) is 11.5. The van der Waals surface area contributed by atoms with Crippen LogP contribution in [0.5, 0.6) is 5.75 Å². The Balaban J connectivity index is 2.62. The van der Waals surface area contributed by atoms with E-state index in [1.807, 2.05) is 59.7 Å². The quantitative estimate of drug-likeness (QED) is 0.793. The summed E-state index contributed by atoms with van der Waals surface area (Å²) in [6, 6.07) is 5.52. The molecule has 0 saturated heterocycles. The van der Waals surface area contributed by atoms with Gasteiger partial charge in [-0.15, -0.1) is 0 Å². The van der Waals surface area contributed by atoms with E-state index < -0.39 is 16.9 Å². The molecule has 1 atom stereocenters. The standard InChI is InChI=1S/C21H30O4/c1-8-21(5,6)17(22)12-15-14-11-13(24-7)9-10-16(14)25-18(15)19(23)20(2,3)4/h9-11,19,23H,8,12H2,1-7H3. The molecule has 0 bridgehead atoms. The SMILES string of the molecule is CCC(C)(C)C(=O)Cc1c(C(O)C(C)(C)C)oc2ccc(OC)cc12. The van der Waals surface area contributed by atoms with Gasteiger partial charge in [0.05, 0.1) is 7.11 Å². The summed E-state index contributed by atoms with van der Waals surface area (Å²) in [6.07, 6.45) is 0.212. The molecule has 25 heavy (non-hydrogen) atoms. The van der Waals surface area contributed by atoms with Crippen molar-refractivity contribution in [2.45, 2.75) is 60.5 Å². The van der Waals surface area contributed by atoms with Gasteiger partial charge in [-0.1, -0.05) is 41.5 Å². The third kappa shape index (κ3) is 3.90. The van der Waals surface area contributed by atoms with Gasteiger partial charge < -0.3 is 14.3 Å². The summed E-state index contributed by atoms with van der Waals surface area (Å²) in [6.45, 7) is 11.8. The predicted octanol–water partition coefficient (Wildman–Crippen LogP) is 5.07. The normalized spacial score (nSPS) is 13.9. The average molecular weight is 346 g/mol. The van der Waals surface area contributed by atoms with Crippen molar-refractivity contribution < 1.29 is 19.1 Å². The Morgan fingerprint density at radius 2 is 1.88 bits per heavy atom. The van der Waals surface area contributed by atoms with Crippen LogP contribution in [0.15, 0.2) is 22.6 Å². The van der Waals surface area contributed by atoms with Crippen LogP contribution < -0.4 is 4.74 Å². The number of fused-ring (bicyclic) bond motifs is 1. The molecule has 1 N–H and O–H groups in total. The molecule has 1 heterocycles. The Kier molecular flexibility index (Phi) is 5.33. The number of benzene rings is 1. The van der Waals surface area contributed by atoms with Crippen molar-refractivity contribution in [1.29, 1.82) is 0 Å². The van der Waals surface area contributed by atoms with Crippen molar-refractivity contribution in [2.24, 2.45) is 10.8 Å². The molecule has 1 aromatic carbocycles. The van der Waals surface area contributed by atoms with E-state index in [1.165, 1.54) is 0 Å². The van der Waals surface area contributed by atoms with Crippen molar-refractivity contribution in [1.82, 2.24) is 0 Å². The Morgan fingerprint density at radius 3 is 2.40 bits per heavy atom. The van der Waals surface area contributed by atoms with Crippen molar-refractivity contribution in [2.75, 3.05) is 7.11 Å². The molecule has 1 unspecified atom stereocenters. The molecule has 0 aliphatic heterocycles. The molecule has 0 spiro atoms. The molecule has 0 radical (unpaired) electrons. The zero-order valence-electron chi connectivity index (χ0n) is 16.4. The molecule has 0 aliphatic rings. The molecular formula is C21H30O4. The van der Waals surface area contributed by atoms with Gasteiger partial charge in [-0.2, -0.15) is 0 Å². The van der Waals surface area contributed by atoms with Crippen molar-refractivity contribution in [3.63, 3.8) is 0 Å². The molecule has 0 amide bonds. The highest BCUT2D eigenvalue weighted by atomic mass is 16.5. The number of rotatable bonds is 6. The monoisotopic (exact) mass is 346 g/mol. The fourth-order valence-corrected chi connectivity index (χ4v) is 2.67. The van der Waals surface area contributed by atoms with Crippen LogP contribution in [0.25, 0.3) is 11.0 Å². The van der Waals surface area contributed by atoms with Crippen LogP contribution in [0.2, 0.25) is 0 Å². The lowest BCUT2D eigenvalue weighted by atomic mass is 9.80. The number of hydrogen-bond donors (Lipinski definition) is 1. The van der Waals surface area contributed by atoms with Crippen LogP contribution in [-0.4, -0.2) is 18.0 Å². The van der Waals surface area contributed by atoms with Gasteiger partial charge in [-0.25, -0.2) is 0 Å². The summed E-state index contributed by atoms with van der Waals surface area (Å²) in [7, 11) is 1.61. The minimum atomic E-state index is -0.793. The van der Waals surface area contributed by atoms with Crippen molar-refractivity contribution in [3.05, 3.63) is 29.5 Å². The second-order valence-electron chi connectivity index (χ2n) is 8.41. The highest BCUT2D eigenvalue weighted by Gasteiger charge is 2.33. The lowest BCUT2D eigenvalue weighted by molar-refractivity contribution is -0.126. The number of ether oxygens (including phenoxy) is 1. The maximum absolute atomic E-state index is 12.8. The molecule has 0 fully saturated rings. The fourth-order valence-electron chi connectivity index (χ4n) is 2.67. The summed E-state index contributed by atoms with van der Waals surface area (Å²) >= 11 is 0. The summed E-state index contributed by atoms with van der Waals surface area (Å²) in [4.78, 5) is 12.8. The van der Waals surface area contributed by atoms with E-state index in [4.69, 9.17) is 9.15 Å². The Labute approximate surface area is 150 Å². The first-order valence-electron chi connectivity index (χ1n) is 8.82. The van der Waals surface area contributed by atoms with E-state index >= 15 is 0 Å². The second-order valence-corrected chi connectivity index (χ2v) is 8.41. The largest absolute Gasteiger partial charge is 0.497 e. The highest BCUT2D eigenvalue weighted by molar-refractivity contribution is 5.92. The molecule has 2 rings (SSSR count). The molecule has 2 aromatic rings. The van der Waals surface area contributed by atoms with Gasteiger partial charge >= 0.3 is 0 Å². The Bertz CT molecular complexity index is 762. The minimum absolute atomic E-state index is 0.142. The minimum Gasteiger partial charge on any atom is -0.497 e. The first-order valence-corrected chi connectivity index (χ1v) is 8.82. The number of hydrogen-bond acceptors (Lipinski definition) is 4. The van der Waals surface area contributed by atoms with E-state index in [-0.39, 0.29) is 12.2 Å². The van der Waals surface area contributed by atoms with Crippen LogP contribution in [0.4, 0.5) is 0 Å². The number of furan rings is 1. The third-order valence-electron chi connectivity index (χ3n) is 5.07. The van der Waals surface area contributed by atoms with Crippen LogP contribution >= 0.6 is 0 Å². The Hall–Kier alpha value is -1.81. The van der Waals surface area contributed by atoms with Gasteiger partial charge in [0, 0.05) is 22.8 Å². The van der Waals surface area contributed by atoms with E-state index in [9.17, 15) is 9.90 Å². The number of aliphatic hydroxyl groups is 1. The molecule has 0 aliphatic carbocycles. The van der Waals surface area contributed by atoms with E-state index in [0.29, 0.717) is 17.1 Å². The van der Waals surface area contributed by atoms with Crippen molar-refractivity contribution in [3.8, 4) is 5.75 Å². The second kappa shape index (κ2) is 6.83. The number of ketones is 1. The van der Waals surface area contributed by atoms with Gasteiger partial charge in [0.1, 0.15) is 29.0 Å². The van der Waals surface area contributed by atoms with Gasteiger partial charge in [0.15, 0.2) is 0 Å². The maximum Gasteiger partial charge on any atom is 0.142 e. The number of carbonyl (C=O) groups is 1. The first kappa shape index (κ1) is 19.5. The summed E-state index contributed by atoms with van der Waals surface area (Å²) in [5.74, 6) is 1.33. The zero-order valence-corrected chi connectivity index (χ0v) is 16.4. The lowest BCUT2D eigenvalue weighted by Gasteiger charge is -2.26. The molecular weight excluding hydrogens is 316 g/mol. The fraction of sp³-hybridized carbons (Fsp3) is 0.571. The predicted molar refractivity (Wildman–Crippen MR) is 100.0 cm³/mol. The molecule has 1 aromatic heterocycles. The Morgan fingerprint density at radius 1 is 1.24 bits per heavy atom. The lowest BCUT2D eigenvalue weighted by Crippen LogP contribution is -2.26. The highest BCUT2D eigenvalue weighted by Crippen LogP contribution is 2.40. The van der Waals surface area contributed by atoms with Crippen LogP contribution in [-0.2, 0) is 11.2 Å². The van der Waals surface area contributed by atoms with E-state index in [0.717, 1.165) is 17.4 Å². The van der Waals surface area contributed by atoms with Crippen LogP contribution in [0.3, 0.4) is 0 Å². The van der Waals surface area contributed by atoms with Gasteiger partial charge in [0.25, 0.3) is 0 Å². The topological polar surface area (TPSA) is 59.7 Å². The van der Waals surface area contributed by atoms with Crippen LogP contribution in [0.1, 0.15) is 65.4 Å². The summed E-state index contributed by atoms with van der Waals surface area (Å²) in [5, 5.41) is 11.6. The maximum atomic E-state index is 12.8. The third-order valence-corrected chi connectivity index (χ3v) is 5.07. The summed E-state index contributed by atoms with van der Waals surface area (Å²) < 4.78 is 11.3. The van der Waals surface area contributed by atoms with Gasteiger partial charge in [-0.05, 0) is 30.0 Å². The van der Waals surface area contributed by atoms with Crippen LogP contribution in [0, 0.1) is 10.8 Å².